The number of ether oxygens (including phenoxy) is 1. The number of aryl methyl sites for hydroxylation is 2. The van der Waals surface area contributed by atoms with Gasteiger partial charge in [-0.2, -0.15) is 0 Å². The number of fused-ring (bicyclic) bond motifs is 1. The van der Waals surface area contributed by atoms with Crippen LogP contribution >= 0.6 is 22.7 Å². The van der Waals surface area contributed by atoms with Crippen LogP contribution in [0.5, 0.6) is 0 Å². The van der Waals surface area contributed by atoms with Crippen molar-refractivity contribution in [3.8, 4) is 21.8 Å². The fourth-order valence-electron chi connectivity index (χ4n) is 3.23. The Hall–Kier alpha value is -2.28. The van der Waals surface area contributed by atoms with Crippen LogP contribution in [-0.4, -0.2) is 23.3 Å². The molecule has 0 bridgehead atoms. The molecule has 0 N–H and O–H groups in total. The first-order chi connectivity index (χ1) is 13.1. The molecule has 0 saturated carbocycles. The number of hydrogen-bond donors (Lipinski definition) is 0. The maximum Gasteiger partial charge on any atom is 0.263 e. The van der Waals surface area contributed by atoms with Gasteiger partial charge in [-0.15, -0.1) is 22.7 Å². The summed E-state index contributed by atoms with van der Waals surface area (Å²) < 4.78 is 7.00. The van der Waals surface area contributed by atoms with E-state index in [2.05, 4.69) is 13.0 Å². The van der Waals surface area contributed by atoms with E-state index in [9.17, 15) is 4.79 Å². The van der Waals surface area contributed by atoms with Crippen LogP contribution in [0.3, 0.4) is 0 Å². The summed E-state index contributed by atoms with van der Waals surface area (Å²) in [6.07, 6.45) is 0. The van der Waals surface area contributed by atoms with Gasteiger partial charge in [-0.05, 0) is 25.3 Å². The lowest BCUT2D eigenvalue weighted by Gasteiger charge is -2.13. The van der Waals surface area contributed by atoms with Gasteiger partial charge in [0.1, 0.15) is 10.7 Å². The molecular formula is C21H20N2O2S2. The van der Waals surface area contributed by atoms with Gasteiger partial charge >= 0.3 is 0 Å². The van der Waals surface area contributed by atoms with Crippen molar-refractivity contribution in [2.45, 2.75) is 20.4 Å². The highest BCUT2D eigenvalue weighted by atomic mass is 32.1. The Labute approximate surface area is 165 Å². The lowest BCUT2D eigenvalue weighted by Crippen LogP contribution is -2.25. The van der Waals surface area contributed by atoms with E-state index in [1.807, 2.05) is 42.6 Å². The first-order valence-electron chi connectivity index (χ1n) is 8.74. The summed E-state index contributed by atoms with van der Waals surface area (Å²) in [5.74, 6) is 0.698. The topological polar surface area (TPSA) is 44.1 Å². The van der Waals surface area contributed by atoms with Crippen LogP contribution in [0.15, 0.2) is 46.6 Å². The molecular weight excluding hydrogens is 376 g/mol. The smallest absolute Gasteiger partial charge is 0.263 e. The van der Waals surface area contributed by atoms with Crippen LogP contribution in [0.1, 0.15) is 10.4 Å². The number of benzene rings is 1. The monoisotopic (exact) mass is 396 g/mol. The van der Waals surface area contributed by atoms with E-state index in [0.717, 1.165) is 25.7 Å². The number of hydrogen-bond acceptors (Lipinski definition) is 5. The molecule has 4 aromatic rings. The minimum atomic E-state index is 0.000347. The normalized spacial score (nSPS) is 11.4. The van der Waals surface area contributed by atoms with E-state index in [1.54, 1.807) is 34.4 Å². The number of thiophene rings is 2. The van der Waals surface area contributed by atoms with Crippen LogP contribution in [0, 0.1) is 13.8 Å². The van der Waals surface area contributed by atoms with Crippen LogP contribution < -0.4 is 5.56 Å². The van der Waals surface area contributed by atoms with Crippen molar-refractivity contribution >= 4 is 32.9 Å². The number of rotatable bonds is 5. The zero-order valence-electron chi connectivity index (χ0n) is 15.5. The van der Waals surface area contributed by atoms with Gasteiger partial charge in [-0.3, -0.25) is 9.36 Å². The zero-order valence-corrected chi connectivity index (χ0v) is 17.1. The van der Waals surface area contributed by atoms with Gasteiger partial charge in [0.2, 0.25) is 0 Å². The second-order valence-electron chi connectivity index (χ2n) is 6.44. The maximum atomic E-state index is 13.5. The Morgan fingerprint density at radius 3 is 2.59 bits per heavy atom. The quantitative estimate of drug-likeness (QED) is 0.470. The summed E-state index contributed by atoms with van der Waals surface area (Å²) in [4.78, 5) is 21.4. The number of nitrogens with zero attached hydrogens (tertiary/aromatic N) is 2. The summed E-state index contributed by atoms with van der Waals surface area (Å²) in [6, 6.07) is 12.2. The van der Waals surface area contributed by atoms with Gasteiger partial charge in [0.15, 0.2) is 0 Å². The van der Waals surface area contributed by atoms with Crippen LogP contribution in [0.2, 0.25) is 0 Å². The van der Waals surface area contributed by atoms with Crippen LogP contribution in [0.4, 0.5) is 0 Å². The molecule has 0 atom stereocenters. The Morgan fingerprint density at radius 1 is 1.15 bits per heavy atom. The number of methoxy groups -OCH3 is 1. The van der Waals surface area contributed by atoms with E-state index in [0.29, 0.717) is 24.4 Å². The standard InChI is InChI=1S/C21H20N2O2S2/c1-13-6-8-15(9-7-13)19-22-20-18(21(24)23(19)10-11-25-3)17(14(2)27-20)16-5-4-12-26-16/h4-9,12H,10-11H2,1-3H3. The molecule has 0 aliphatic carbocycles. The van der Waals surface area contributed by atoms with Crippen LogP contribution in [0.25, 0.3) is 32.0 Å². The average Bonchev–Trinajstić information content (AvgIpc) is 3.28. The molecule has 4 rings (SSSR count). The lowest BCUT2D eigenvalue weighted by molar-refractivity contribution is 0.186. The van der Waals surface area contributed by atoms with E-state index < -0.39 is 0 Å². The molecule has 1 aromatic carbocycles. The molecule has 3 aromatic heterocycles. The van der Waals surface area contributed by atoms with E-state index >= 15 is 0 Å². The second kappa shape index (κ2) is 7.38. The van der Waals surface area contributed by atoms with E-state index in [1.165, 1.54) is 5.56 Å². The third-order valence-electron chi connectivity index (χ3n) is 4.58. The minimum absolute atomic E-state index is 0.000347. The van der Waals surface area contributed by atoms with Gasteiger partial charge in [0, 0.05) is 28.0 Å². The van der Waals surface area contributed by atoms with E-state index in [4.69, 9.17) is 9.72 Å². The molecule has 0 aliphatic heterocycles. The predicted octanol–water partition coefficient (Wildman–Crippen LogP) is 5.12. The van der Waals surface area contributed by atoms with Crippen molar-refractivity contribution in [3.05, 3.63) is 62.6 Å². The predicted molar refractivity (Wildman–Crippen MR) is 114 cm³/mol. The summed E-state index contributed by atoms with van der Waals surface area (Å²) in [5, 5.41) is 2.75. The molecule has 0 fully saturated rings. The van der Waals surface area contributed by atoms with E-state index in [-0.39, 0.29) is 5.56 Å². The zero-order chi connectivity index (χ0) is 19.0. The van der Waals surface area contributed by atoms with Crippen molar-refractivity contribution in [3.63, 3.8) is 0 Å². The molecule has 4 nitrogen and oxygen atoms in total. The summed E-state index contributed by atoms with van der Waals surface area (Å²) in [7, 11) is 1.65. The Bertz CT molecular complexity index is 1140. The van der Waals surface area contributed by atoms with Gasteiger partial charge in [-0.25, -0.2) is 4.98 Å². The fraction of sp³-hybridized carbons (Fsp3) is 0.238. The highest BCUT2D eigenvalue weighted by Gasteiger charge is 2.20. The molecule has 0 radical (unpaired) electrons. The molecule has 0 amide bonds. The molecule has 6 heteroatoms. The highest BCUT2D eigenvalue weighted by molar-refractivity contribution is 7.20. The SMILES string of the molecule is COCCn1c(-c2ccc(C)cc2)nc2sc(C)c(-c3cccs3)c2c1=O. The molecule has 0 aliphatic rings. The Morgan fingerprint density at radius 2 is 1.93 bits per heavy atom. The van der Waals surface area contributed by atoms with Crippen molar-refractivity contribution in [2.24, 2.45) is 0 Å². The van der Waals surface area contributed by atoms with Gasteiger partial charge in [0.25, 0.3) is 5.56 Å². The largest absolute Gasteiger partial charge is 0.383 e. The first kappa shape index (κ1) is 18.1. The molecule has 0 unspecified atom stereocenters. The van der Waals surface area contributed by atoms with Crippen molar-refractivity contribution < 1.29 is 4.74 Å². The third-order valence-corrected chi connectivity index (χ3v) is 6.47. The average molecular weight is 397 g/mol. The Kier molecular flexibility index (Phi) is 4.95. The van der Waals surface area contributed by atoms with Crippen molar-refractivity contribution in [1.82, 2.24) is 9.55 Å². The lowest BCUT2D eigenvalue weighted by atomic mass is 10.1. The highest BCUT2D eigenvalue weighted by Crippen LogP contribution is 2.38. The molecule has 0 saturated heterocycles. The molecule has 138 valence electrons. The third kappa shape index (κ3) is 3.25. The van der Waals surface area contributed by atoms with Crippen molar-refractivity contribution in [1.29, 1.82) is 0 Å². The maximum absolute atomic E-state index is 13.5. The summed E-state index contributed by atoms with van der Waals surface area (Å²) in [6.45, 7) is 5.05. The molecule has 0 spiro atoms. The van der Waals surface area contributed by atoms with Gasteiger partial charge in [-0.1, -0.05) is 35.9 Å². The van der Waals surface area contributed by atoms with Crippen LogP contribution in [-0.2, 0) is 11.3 Å². The summed E-state index contributed by atoms with van der Waals surface area (Å²) >= 11 is 3.24. The summed E-state index contributed by atoms with van der Waals surface area (Å²) in [5.41, 5.74) is 3.14. The van der Waals surface area contributed by atoms with Gasteiger partial charge in [0.05, 0.1) is 18.5 Å². The second-order valence-corrected chi connectivity index (χ2v) is 8.59. The molecule has 3 heterocycles. The fourth-order valence-corrected chi connectivity index (χ4v) is 5.15. The van der Waals surface area contributed by atoms with Gasteiger partial charge < -0.3 is 4.74 Å². The first-order valence-corrected chi connectivity index (χ1v) is 10.4. The molecule has 27 heavy (non-hydrogen) atoms. The van der Waals surface area contributed by atoms with Crippen molar-refractivity contribution in [2.75, 3.05) is 13.7 Å². The number of aromatic nitrogens is 2. The minimum Gasteiger partial charge on any atom is -0.383 e. The Balaban J connectivity index is 2.02.